The molecule has 1 aliphatic heterocycles. The van der Waals surface area contributed by atoms with Gasteiger partial charge in [0.1, 0.15) is 16.2 Å². The molecule has 1 fully saturated rings. The average Bonchev–Trinajstić information content (AvgIpc) is 2.88. The number of carbonyl (C=O) groups is 1. The Morgan fingerprint density at radius 1 is 1.24 bits per heavy atom. The van der Waals surface area contributed by atoms with E-state index in [-0.39, 0.29) is 23.4 Å². The standard InChI is InChI=1S/C22H33FN2O3S/c1-20(2,3)28-19(26)25-12-10-22(11-13-25)14-16-15(8-7-9-17(16)23)18(22)24-29(27)21(4,5)6/h7-9,18,24H,10-14H2,1-6H3/t18-,29?/m0/s1. The van der Waals surface area contributed by atoms with Gasteiger partial charge in [-0.2, -0.15) is 0 Å². The van der Waals surface area contributed by atoms with Crippen LogP contribution >= 0.6 is 0 Å². The van der Waals surface area contributed by atoms with Crippen LogP contribution in [0.1, 0.15) is 71.6 Å². The molecule has 1 aliphatic carbocycles. The number of nitrogens with one attached hydrogen (secondary N) is 1. The van der Waals surface area contributed by atoms with Crippen molar-refractivity contribution in [1.82, 2.24) is 9.62 Å². The summed E-state index contributed by atoms with van der Waals surface area (Å²) in [6.45, 7) is 12.4. The molecule has 1 saturated heterocycles. The molecular formula is C22H33FN2O3S. The predicted molar refractivity (Wildman–Crippen MR) is 113 cm³/mol. The van der Waals surface area contributed by atoms with Gasteiger partial charge < -0.3 is 14.2 Å². The van der Waals surface area contributed by atoms with E-state index in [1.165, 1.54) is 6.07 Å². The fourth-order valence-electron chi connectivity index (χ4n) is 4.22. The first-order valence-corrected chi connectivity index (χ1v) is 11.4. The fraction of sp³-hybridized carbons (Fsp3) is 0.682. The zero-order chi connectivity index (χ0) is 21.6. The van der Waals surface area contributed by atoms with Crippen molar-refractivity contribution in [3.8, 4) is 0 Å². The van der Waals surface area contributed by atoms with Gasteiger partial charge in [-0.05, 0) is 78.0 Å². The Labute approximate surface area is 176 Å². The number of rotatable bonds is 2. The van der Waals surface area contributed by atoms with Crippen LogP contribution in [0.4, 0.5) is 9.18 Å². The minimum Gasteiger partial charge on any atom is -0.598 e. The Balaban J connectivity index is 1.82. The molecule has 1 aromatic carbocycles. The number of likely N-dealkylation sites (tertiary alicyclic amines) is 1. The van der Waals surface area contributed by atoms with Gasteiger partial charge in [-0.1, -0.05) is 12.1 Å². The summed E-state index contributed by atoms with van der Waals surface area (Å²) in [5.41, 5.74) is 0.811. The van der Waals surface area contributed by atoms with Gasteiger partial charge in [0.2, 0.25) is 0 Å². The van der Waals surface area contributed by atoms with Crippen LogP contribution in [0.2, 0.25) is 0 Å². The first-order chi connectivity index (χ1) is 13.3. The van der Waals surface area contributed by atoms with Crippen molar-refractivity contribution in [2.24, 2.45) is 5.41 Å². The van der Waals surface area contributed by atoms with Crippen LogP contribution in [0.3, 0.4) is 0 Å². The largest absolute Gasteiger partial charge is 0.598 e. The summed E-state index contributed by atoms with van der Waals surface area (Å²) < 4.78 is 35.9. The van der Waals surface area contributed by atoms with E-state index >= 15 is 0 Å². The summed E-state index contributed by atoms with van der Waals surface area (Å²) in [4.78, 5) is 14.2. The number of benzene rings is 1. The summed E-state index contributed by atoms with van der Waals surface area (Å²) in [6.07, 6.45) is 1.70. The number of piperidine rings is 1. The fourth-order valence-corrected chi connectivity index (χ4v) is 5.16. The predicted octanol–water partition coefficient (Wildman–Crippen LogP) is 4.49. The van der Waals surface area contributed by atoms with Gasteiger partial charge in [0.05, 0.1) is 6.04 Å². The van der Waals surface area contributed by atoms with Gasteiger partial charge in [-0.15, -0.1) is 4.72 Å². The number of hydrogen-bond donors (Lipinski definition) is 1. The minimum atomic E-state index is -1.28. The van der Waals surface area contributed by atoms with E-state index in [1.54, 1.807) is 11.0 Å². The van der Waals surface area contributed by atoms with E-state index in [0.717, 1.165) is 5.56 Å². The van der Waals surface area contributed by atoms with Gasteiger partial charge in [-0.3, -0.25) is 0 Å². The Morgan fingerprint density at radius 3 is 2.41 bits per heavy atom. The highest BCUT2D eigenvalue weighted by Gasteiger charge is 2.51. The van der Waals surface area contributed by atoms with Crippen LogP contribution in [-0.2, 0) is 22.5 Å². The van der Waals surface area contributed by atoms with Crippen LogP contribution < -0.4 is 4.72 Å². The molecule has 1 amide bonds. The number of nitrogens with zero attached hydrogens (tertiary/aromatic N) is 1. The lowest BCUT2D eigenvalue weighted by atomic mass is 9.73. The third-order valence-corrected chi connectivity index (χ3v) is 7.36. The molecule has 1 heterocycles. The number of ether oxygens (including phenoxy) is 1. The second-order valence-electron chi connectivity index (χ2n) is 10.2. The monoisotopic (exact) mass is 424 g/mol. The normalized spacial score (nSPS) is 22.5. The number of halogens is 1. The van der Waals surface area contributed by atoms with Gasteiger partial charge in [0.15, 0.2) is 0 Å². The zero-order valence-corrected chi connectivity index (χ0v) is 19.1. The molecule has 29 heavy (non-hydrogen) atoms. The van der Waals surface area contributed by atoms with E-state index in [4.69, 9.17) is 4.74 Å². The molecule has 1 N–H and O–H groups in total. The van der Waals surface area contributed by atoms with Gasteiger partial charge >= 0.3 is 6.09 Å². The highest BCUT2D eigenvalue weighted by atomic mass is 32.2. The van der Waals surface area contributed by atoms with Crippen LogP contribution in [0.15, 0.2) is 18.2 Å². The molecule has 2 atom stereocenters. The highest BCUT2D eigenvalue weighted by Crippen LogP contribution is 2.53. The molecule has 1 aromatic rings. The molecule has 7 heteroatoms. The van der Waals surface area contributed by atoms with E-state index < -0.39 is 21.7 Å². The van der Waals surface area contributed by atoms with Gasteiger partial charge in [0, 0.05) is 29.9 Å². The number of carbonyl (C=O) groups excluding carboxylic acids is 1. The van der Waals surface area contributed by atoms with E-state index in [1.807, 2.05) is 47.6 Å². The van der Waals surface area contributed by atoms with Gasteiger partial charge in [-0.25, -0.2) is 9.18 Å². The molecule has 1 unspecified atom stereocenters. The van der Waals surface area contributed by atoms with Crippen molar-refractivity contribution in [2.45, 2.75) is 77.2 Å². The molecule has 3 rings (SSSR count). The van der Waals surface area contributed by atoms with Crippen LogP contribution in [0.25, 0.3) is 0 Å². The maximum absolute atomic E-state index is 14.6. The SMILES string of the molecule is CC(C)(C)OC(=O)N1CCC2(CC1)Cc1c(F)cccc1[C@@H]2N[S+]([O-])C(C)(C)C. The summed E-state index contributed by atoms with van der Waals surface area (Å²) in [6, 6.07) is 4.95. The molecule has 0 saturated carbocycles. The van der Waals surface area contributed by atoms with Crippen molar-refractivity contribution >= 4 is 17.5 Å². The molecular weight excluding hydrogens is 391 g/mol. The Morgan fingerprint density at radius 2 is 1.86 bits per heavy atom. The van der Waals surface area contributed by atoms with Crippen LogP contribution in [-0.4, -0.2) is 39.0 Å². The smallest absolute Gasteiger partial charge is 0.410 e. The molecule has 0 aromatic heterocycles. The highest BCUT2D eigenvalue weighted by molar-refractivity contribution is 7.90. The number of hydrogen-bond acceptors (Lipinski definition) is 4. The van der Waals surface area contributed by atoms with Crippen molar-refractivity contribution in [3.63, 3.8) is 0 Å². The molecule has 5 nitrogen and oxygen atoms in total. The lowest BCUT2D eigenvalue weighted by molar-refractivity contribution is 0.00711. The second-order valence-corrected chi connectivity index (χ2v) is 12.2. The minimum absolute atomic E-state index is 0.200. The zero-order valence-electron chi connectivity index (χ0n) is 18.3. The Kier molecular flexibility index (Phi) is 5.98. The molecule has 1 spiro atoms. The van der Waals surface area contributed by atoms with Gasteiger partial charge in [0.25, 0.3) is 0 Å². The Hall–Kier alpha value is -1.31. The van der Waals surface area contributed by atoms with Crippen molar-refractivity contribution in [3.05, 3.63) is 35.1 Å². The number of fused-ring (bicyclic) bond motifs is 1. The second kappa shape index (κ2) is 7.75. The maximum atomic E-state index is 14.6. The number of amides is 1. The van der Waals surface area contributed by atoms with Crippen molar-refractivity contribution in [1.29, 1.82) is 0 Å². The average molecular weight is 425 g/mol. The summed E-state index contributed by atoms with van der Waals surface area (Å²) in [5.74, 6) is -0.206. The third kappa shape index (κ3) is 4.72. The molecule has 0 radical (unpaired) electrons. The van der Waals surface area contributed by atoms with Crippen molar-refractivity contribution < 1.29 is 18.5 Å². The molecule has 162 valence electrons. The quantitative estimate of drug-likeness (QED) is 0.711. The van der Waals surface area contributed by atoms with E-state index in [2.05, 4.69) is 4.72 Å². The van der Waals surface area contributed by atoms with E-state index in [9.17, 15) is 13.7 Å². The summed E-state index contributed by atoms with van der Waals surface area (Å²) in [7, 11) is 0. The summed E-state index contributed by atoms with van der Waals surface area (Å²) in [5, 5.41) is 0. The lowest BCUT2D eigenvalue weighted by Crippen LogP contribution is -2.51. The first kappa shape index (κ1) is 22.4. The summed E-state index contributed by atoms with van der Waals surface area (Å²) >= 11 is -1.28. The van der Waals surface area contributed by atoms with Crippen LogP contribution in [0, 0.1) is 11.2 Å². The first-order valence-electron chi connectivity index (χ1n) is 10.3. The lowest BCUT2D eigenvalue weighted by Gasteiger charge is -2.43. The van der Waals surface area contributed by atoms with Crippen LogP contribution in [0.5, 0.6) is 0 Å². The Bertz CT molecular complexity index is 764. The molecule has 2 aliphatic rings. The molecule has 0 bridgehead atoms. The van der Waals surface area contributed by atoms with E-state index in [0.29, 0.717) is 37.9 Å². The van der Waals surface area contributed by atoms with Crippen molar-refractivity contribution in [2.75, 3.05) is 13.1 Å². The third-order valence-electron chi connectivity index (χ3n) is 5.80. The topological polar surface area (TPSA) is 64.6 Å². The maximum Gasteiger partial charge on any atom is 0.410 e.